The van der Waals surface area contributed by atoms with Crippen LogP contribution in [0.1, 0.15) is 34.6 Å². The minimum absolute atomic E-state index is 0.348. The summed E-state index contributed by atoms with van der Waals surface area (Å²) < 4.78 is 0. The van der Waals surface area contributed by atoms with Crippen LogP contribution in [-0.2, 0) is 0 Å². The molecule has 2 atom stereocenters. The van der Waals surface area contributed by atoms with Crippen molar-refractivity contribution in [1.82, 2.24) is 4.90 Å². The summed E-state index contributed by atoms with van der Waals surface area (Å²) in [5.74, 6) is 1.33. The Bertz CT molecular complexity index is 140. The van der Waals surface area contributed by atoms with Gasteiger partial charge in [0.05, 0.1) is 0 Å². The van der Waals surface area contributed by atoms with Crippen LogP contribution in [0.15, 0.2) is 0 Å². The van der Waals surface area contributed by atoms with E-state index >= 15 is 0 Å². The van der Waals surface area contributed by atoms with Crippen LogP contribution in [0.3, 0.4) is 0 Å². The van der Waals surface area contributed by atoms with Gasteiger partial charge < -0.3 is 4.90 Å². The predicted molar refractivity (Wildman–Crippen MR) is 61.4 cm³/mol. The van der Waals surface area contributed by atoms with Gasteiger partial charge >= 0.3 is 0 Å². The molecule has 80 valence electrons. The van der Waals surface area contributed by atoms with E-state index in [-0.39, 0.29) is 0 Å². The first-order valence-electron chi connectivity index (χ1n) is 5.05. The molecule has 0 aliphatic carbocycles. The molecule has 0 N–H and O–H groups in total. The molecule has 0 rings (SSSR count). The maximum absolute atomic E-state index is 5.79. The highest BCUT2D eigenvalue weighted by Gasteiger charge is 2.24. The first kappa shape index (κ1) is 13.2. The van der Waals surface area contributed by atoms with Gasteiger partial charge in [0.2, 0.25) is 0 Å². The van der Waals surface area contributed by atoms with Crippen LogP contribution in [0.25, 0.3) is 0 Å². The molecule has 0 bridgehead atoms. The van der Waals surface area contributed by atoms with Crippen molar-refractivity contribution in [2.75, 3.05) is 19.5 Å². The lowest BCUT2D eigenvalue weighted by molar-refractivity contribution is 0.129. The zero-order valence-corrected chi connectivity index (χ0v) is 10.7. The lowest BCUT2D eigenvalue weighted by Crippen LogP contribution is -2.41. The van der Waals surface area contributed by atoms with Crippen LogP contribution >= 0.6 is 11.6 Å². The second-order valence-corrected chi connectivity index (χ2v) is 5.55. The zero-order valence-electron chi connectivity index (χ0n) is 9.89. The SMILES string of the molecule is CC(CCl)CN(C)C(C)C(C)(C)C. The number of nitrogens with zero attached hydrogens (tertiary/aromatic N) is 1. The highest BCUT2D eigenvalue weighted by atomic mass is 35.5. The van der Waals surface area contributed by atoms with E-state index in [1.54, 1.807) is 0 Å². The molecule has 0 aliphatic heterocycles. The second kappa shape index (κ2) is 5.21. The summed E-state index contributed by atoms with van der Waals surface area (Å²) in [5, 5.41) is 0. The summed E-state index contributed by atoms with van der Waals surface area (Å²) in [6.45, 7) is 12.4. The smallest absolute Gasteiger partial charge is 0.0261 e. The van der Waals surface area contributed by atoms with E-state index in [0.29, 0.717) is 17.4 Å². The summed E-state index contributed by atoms with van der Waals surface area (Å²) in [4.78, 5) is 2.40. The standard InChI is InChI=1S/C11H24ClN/c1-9(7-12)8-13(6)10(2)11(3,4)5/h9-10H,7-8H2,1-6H3. The molecule has 0 radical (unpaired) electrons. The molecule has 0 aromatic rings. The molecular weight excluding hydrogens is 182 g/mol. The summed E-state index contributed by atoms with van der Waals surface area (Å²) in [6.07, 6.45) is 0. The van der Waals surface area contributed by atoms with Crippen molar-refractivity contribution >= 4 is 11.6 Å². The molecule has 0 saturated heterocycles. The van der Waals surface area contributed by atoms with E-state index < -0.39 is 0 Å². The average Bonchev–Trinajstić information content (AvgIpc) is 2.01. The summed E-state index contributed by atoms with van der Waals surface area (Å²) in [5.41, 5.74) is 0.348. The number of halogens is 1. The molecule has 0 aromatic heterocycles. The van der Waals surface area contributed by atoms with Gasteiger partial charge in [0, 0.05) is 18.5 Å². The van der Waals surface area contributed by atoms with E-state index in [1.807, 2.05) is 0 Å². The first-order valence-corrected chi connectivity index (χ1v) is 5.58. The van der Waals surface area contributed by atoms with Crippen LogP contribution in [0, 0.1) is 11.3 Å². The zero-order chi connectivity index (χ0) is 10.6. The third-order valence-corrected chi connectivity index (χ3v) is 3.30. The van der Waals surface area contributed by atoms with E-state index in [9.17, 15) is 0 Å². The highest BCUT2D eigenvalue weighted by Crippen LogP contribution is 2.23. The molecule has 2 heteroatoms. The summed E-state index contributed by atoms with van der Waals surface area (Å²) in [7, 11) is 2.18. The Hall–Kier alpha value is 0.250. The fourth-order valence-corrected chi connectivity index (χ4v) is 1.46. The molecule has 0 spiro atoms. The van der Waals surface area contributed by atoms with E-state index in [0.717, 1.165) is 12.4 Å². The molecule has 2 unspecified atom stereocenters. The van der Waals surface area contributed by atoms with Crippen molar-refractivity contribution in [3.63, 3.8) is 0 Å². The van der Waals surface area contributed by atoms with Crippen LogP contribution < -0.4 is 0 Å². The van der Waals surface area contributed by atoms with E-state index in [4.69, 9.17) is 11.6 Å². The van der Waals surface area contributed by atoms with E-state index in [2.05, 4.69) is 46.6 Å². The van der Waals surface area contributed by atoms with Gasteiger partial charge in [-0.25, -0.2) is 0 Å². The molecule has 0 aromatic carbocycles. The van der Waals surface area contributed by atoms with Crippen LogP contribution in [-0.4, -0.2) is 30.4 Å². The van der Waals surface area contributed by atoms with Crippen LogP contribution in [0.2, 0.25) is 0 Å². The molecule has 0 fully saturated rings. The van der Waals surface area contributed by atoms with Crippen LogP contribution in [0.5, 0.6) is 0 Å². The quantitative estimate of drug-likeness (QED) is 0.638. The molecule has 0 amide bonds. The minimum atomic E-state index is 0.348. The van der Waals surface area contributed by atoms with Crippen molar-refractivity contribution < 1.29 is 0 Å². The largest absolute Gasteiger partial charge is 0.303 e. The van der Waals surface area contributed by atoms with Gasteiger partial charge in [-0.15, -0.1) is 11.6 Å². The maximum Gasteiger partial charge on any atom is 0.0261 e. The van der Waals surface area contributed by atoms with Gasteiger partial charge in [0.15, 0.2) is 0 Å². The van der Waals surface area contributed by atoms with Gasteiger partial charge in [-0.3, -0.25) is 0 Å². The Morgan fingerprint density at radius 1 is 1.23 bits per heavy atom. The molecule has 0 saturated carbocycles. The number of hydrogen-bond donors (Lipinski definition) is 0. The third-order valence-electron chi connectivity index (χ3n) is 2.78. The predicted octanol–water partition coefficient (Wildman–Crippen LogP) is 3.23. The molecule has 1 nitrogen and oxygen atoms in total. The van der Waals surface area contributed by atoms with Gasteiger partial charge in [0.1, 0.15) is 0 Å². The Labute approximate surface area is 88.5 Å². The van der Waals surface area contributed by atoms with Crippen molar-refractivity contribution in [1.29, 1.82) is 0 Å². The fourth-order valence-electron chi connectivity index (χ4n) is 1.36. The fraction of sp³-hybridized carbons (Fsp3) is 1.00. The minimum Gasteiger partial charge on any atom is -0.303 e. The lowest BCUT2D eigenvalue weighted by Gasteiger charge is -2.36. The second-order valence-electron chi connectivity index (χ2n) is 5.24. The number of rotatable bonds is 4. The first-order chi connectivity index (χ1) is 5.79. The summed E-state index contributed by atoms with van der Waals surface area (Å²) >= 11 is 5.79. The normalized spacial score (nSPS) is 17.5. The highest BCUT2D eigenvalue weighted by molar-refractivity contribution is 6.18. The van der Waals surface area contributed by atoms with Gasteiger partial charge in [-0.05, 0) is 25.3 Å². The topological polar surface area (TPSA) is 3.24 Å². The van der Waals surface area contributed by atoms with Gasteiger partial charge in [-0.1, -0.05) is 27.7 Å². The Morgan fingerprint density at radius 2 is 1.69 bits per heavy atom. The maximum atomic E-state index is 5.79. The van der Waals surface area contributed by atoms with Crippen molar-refractivity contribution in [3.05, 3.63) is 0 Å². The van der Waals surface area contributed by atoms with E-state index in [1.165, 1.54) is 0 Å². The third kappa shape index (κ3) is 4.87. The van der Waals surface area contributed by atoms with Crippen molar-refractivity contribution in [3.8, 4) is 0 Å². The molecule has 0 heterocycles. The van der Waals surface area contributed by atoms with Gasteiger partial charge in [-0.2, -0.15) is 0 Å². The molecule has 13 heavy (non-hydrogen) atoms. The Kier molecular flexibility index (Phi) is 5.31. The lowest BCUT2D eigenvalue weighted by atomic mass is 9.87. The number of hydrogen-bond acceptors (Lipinski definition) is 1. The number of alkyl halides is 1. The Balaban J connectivity index is 4.03. The monoisotopic (exact) mass is 205 g/mol. The van der Waals surface area contributed by atoms with Crippen molar-refractivity contribution in [2.45, 2.75) is 40.7 Å². The van der Waals surface area contributed by atoms with Gasteiger partial charge in [0.25, 0.3) is 0 Å². The average molecular weight is 206 g/mol. The van der Waals surface area contributed by atoms with Crippen LogP contribution in [0.4, 0.5) is 0 Å². The Morgan fingerprint density at radius 3 is 2.00 bits per heavy atom. The summed E-state index contributed by atoms with van der Waals surface area (Å²) in [6, 6.07) is 0.596. The molecular formula is C11H24ClN. The van der Waals surface area contributed by atoms with Crippen molar-refractivity contribution in [2.24, 2.45) is 11.3 Å². The molecule has 0 aliphatic rings.